The first-order chi connectivity index (χ1) is 8.86. The molecule has 1 aliphatic heterocycles. The number of hydrogen-bond acceptors (Lipinski definition) is 3. The topological polar surface area (TPSA) is 40.5 Å². The average Bonchev–Trinajstić information content (AvgIpc) is 2.37. The van der Waals surface area contributed by atoms with Gasteiger partial charge in [-0.2, -0.15) is 24.9 Å². The van der Waals surface area contributed by atoms with Crippen LogP contribution < -0.4 is 0 Å². The van der Waals surface area contributed by atoms with Crippen LogP contribution in [0.2, 0.25) is 0 Å². The first-order valence-electron chi connectivity index (χ1n) is 6.37. The molecule has 19 heavy (non-hydrogen) atoms. The van der Waals surface area contributed by atoms with Crippen molar-refractivity contribution in [2.24, 2.45) is 5.92 Å². The van der Waals surface area contributed by atoms with Crippen molar-refractivity contribution in [2.75, 3.05) is 25.1 Å². The smallest absolute Gasteiger partial charge is 0.383 e. The molecule has 0 bridgehead atoms. The average molecular weight is 299 g/mol. The van der Waals surface area contributed by atoms with E-state index in [0.717, 1.165) is 12.2 Å². The van der Waals surface area contributed by atoms with Gasteiger partial charge in [0.25, 0.3) is 0 Å². The molecule has 7 heteroatoms. The summed E-state index contributed by atoms with van der Waals surface area (Å²) >= 11 is 1.67. The maximum Gasteiger partial charge on any atom is 0.414 e. The lowest BCUT2D eigenvalue weighted by Crippen LogP contribution is -2.45. The number of thioether (sulfide) groups is 1. The molecule has 0 spiro atoms. The van der Waals surface area contributed by atoms with E-state index in [1.807, 2.05) is 6.26 Å². The summed E-state index contributed by atoms with van der Waals surface area (Å²) in [7, 11) is 0. The van der Waals surface area contributed by atoms with Gasteiger partial charge in [-0.1, -0.05) is 0 Å². The zero-order valence-electron chi connectivity index (χ0n) is 10.9. The number of likely N-dealkylation sites (tertiary alicyclic amines) is 1. The highest BCUT2D eigenvalue weighted by Gasteiger charge is 2.44. The van der Waals surface area contributed by atoms with Gasteiger partial charge in [0, 0.05) is 19.5 Å². The SMILES string of the molecule is CSCCCC(=O)N1CCC(C(O)C(F)(F)F)CC1. The van der Waals surface area contributed by atoms with Gasteiger partial charge in [-0.25, -0.2) is 0 Å². The van der Waals surface area contributed by atoms with E-state index < -0.39 is 18.2 Å². The van der Waals surface area contributed by atoms with Crippen LogP contribution in [0.4, 0.5) is 13.2 Å². The molecule has 0 aromatic carbocycles. The molecule has 0 aromatic heterocycles. The van der Waals surface area contributed by atoms with Crippen molar-refractivity contribution in [3.63, 3.8) is 0 Å². The summed E-state index contributed by atoms with van der Waals surface area (Å²) < 4.78 is 37.1. The van der Waals surface area contributed by atoms with Crippen molar-refractivity contribution in [1.29, 1.82) is 0 Å². The summed E-state index contributed by atoms with van der Waals surface area (Å²) in [6.07, 6.45) is -3.17. The molecule has 1 amide bonds. The highest BCUT2D eigenvalue weighted by Crippen LogP contribution is 2.31. The van der Waals surface area contributed by atoms with Crippen molar-refractivity contribution < 1.29 is 23.1 Å². The molecule has 112 valence electrons. The fourth-order valence-electron chi connectivity index (χ4n) is 2.26. The van der Waals surface area contributed by atoms with E-state index in [9.17, 15) is 23.1 Å². The van der Waals surface area contributed by atoms with Crippen LogP contribution in [0.3, 0.4) is 0 Å². The van der Waals surface area contributed by atoms with E-state index in [2.05, 4.69) is 0 Å². The van der Waals surface area contributed by atoms with Gasteiger partial charge in [0.1, 0.15) is 0 Å². The molecule has 1 atom stereocenters. The lowest BCUT2D eigenvalue weighted by Gasteiger charge is -2.34. The Hall–Kier alpha value is -0.430. The Morgan fingerprint density at radius 3 is 2.47 bits per heavy atom. The normalized spacial score (nSPS) is 19.5. The zero-order valence-corrected chi connectivity index (χ0v) is 11.8. The summed E-state index contributed by atoms with van der Waals surface area (Å²) in [5, 5.41) is 9.18. The number of aliphatic hydroxyl groups is 1. The highest BCUT2D eigenvalue weighted by molar-refractivity contribution is 7.98. The third-order valence-corrected chi connectivity index (χ3v) is 4.11. The Morgan fingerprint density at radius 1 is 1.42 bits per heavy atom. The molecule has 1 unspecified atom stereocenters. The van der Waals surface area contributed by atoms with Gasteiger partial charge in [-0.05, 0) is 37.2 Å². The Labute approximate surface area is 115 Å². The van der Waals surface area contributed by atoms with E-state index in [1.165, 1.54) is 0 Å². The predicted octanol–water partition coefficient (Wildman–Crippen LogP) is 2.29. The van der Waals surface area contributed by atoms with E-state index in [1.54, 1.807) is 16.7 Å². The first kappa shape index (κ1) is 16.6. The molecule has 0 aromatic rings. The van der Waals surface area contributed by atoms with Crippen LogP contribution in [0.25, 0.3) is 0 Å². The maximum absolute atomic E-state index is 12.4. The van der Waals surface area contributed by atoms with Gasteiger partial charge in [0.05, 0.1) is 0 Å². The monoisotopic (exact) mass is 299 g/mol. The van der Waals surface area contributed by atoms with E-state index in [4.69, 9.17) is 0 Å². The van der Waals surface area contributed by atoms with Crippen molar-refractivity contribution in [3.05, 3.63) is 0 Å². The molecule has 0 aliphatic carbocycles. The minimum absolute atomic E-state index is 0.00833. The van der Waals surface area contributed by atoms with Crippen LogP contribution in [0.15, 0.2) is 0 Å². The van der Waals surface area contributed by atoms with E-state index >= 15 is 0 Å². The number of piperidine rings is 1. The Balaban J connectivity index is 2.34. The number of hydrogen-bond donors (Lipinski definition) is 1. The zero-order chi connectivity index (χ0) is 14.5. The van der Waals surface area contributed by atoms with Gasteiger partial charge < -0.3 is 10.0 Å². The van der Waals surface area contributed by atoms with Crippen LogP contribution in [0.1, 0.15) is 25.7 Å². The number of rotatable bonds is 5. The lowest BCUT2D eigenvalue weighted by atomic mass is 9.90. The summed E-state index contributed by atoms with van der Waals surface area (Å²) in [6.45, 7) is 0.631. The maximum atomic E-state index is 12.4. The molecule has 1 saturated heterocycles. The standard InChI is InChI=1S/C12H20F3NO2S/c1-19-8-2-3-10(17)16-6-4-9(5-7-16)11(18)12(13,14)15/h9,11,18H,2-8H2,1H3. The minimum atomic E-state index is -4.56. The number of carbonyl (C=O) groups is 1. The number of amides is 1. The summed E-state index contributed by atoms with van der Waals surface area (Å²) in [5.74, 6) is 0.138. The summed E-state index contributed by atoms with van der Waals surface area (Å²) in [6, 6.07) is 0. The molecule has 1 aliphatic rings. The van der Waals surface area contributed by atoms with Gasteiger partial charge in [0.15, 0.2) is 6.10 Å². The van der Waals surface area contributed by atoms with Crippen molar-refractivity contribution in [3.8, 4) is 0 Å². The molecule has 3 nitrogen and oxygen atoms in total. The third-order valence-electron chi connectivity index (χ3n) is 3.41. The molecular weight excluding hydrogens is 279 g/mol. The second-order valence-electron chi connectivity index (χ2n) is 4.80. The second-order valence-corrected chi connectivity index (χ2v) is 5.79. The first-order valence-corrected chi connectivity index (χ1v) is 7.77. The van der Waals surface area contributed by atoms with Gasteiger partial charge in [0.2, 0.25) is 5.91 Å². The molecule has 0 radical (unpaired) electrons. The highest BCUT2D eigenvalue weighted by atomic mass is 32.2. The number of alkyl halides is 3. The number of carbonyl (C=O) groups excluding carboxylic acids is 1. The molecule has 1 heterocycles. The summed E-state index contributed by atoms with van der Waals surface area (Å²) in [5.41, 5.74) is 0. The molecule has 1 N–H and O–H groups in total. The number of halogens is 3. The summed E-state index contributed by atoms with van der Waals surface area (Å²) in [4.78, 5) is 13.4. The van der Waals surface area contributed by atoms with Crippen molar-refractivity contribution >= 4 is 17.7 Å². The van der Waals surface area contributed by atoms with Gasteiger partial charge in [-0.15, -0.1) is 0 Å². The van der Waals surface area contributed by atoms with Crippen LogP contribution >= 0.6 is 11.8 Å². The fraction of sp³-hybridized carbons (Fsp3) is 0.917. The Bertz CT molecular complexity index is 291. The van der Waals surface area contributed by atoms with Gasteiger partial charge in [-0.3, -0.25) is 4.79 Å². The molecule has 1 rings (SSSR count). The van der Waals surface area contributed by atoms with Crippen LogP contribution in [-0.4, -0.2) is 53.3 Å². The Morgan fingerprint density at radius 2 is 2.00 bits per heavy atom. The largest absolute Gasteiger partial charge is 0.414 e. The third kappa shape index (κ3) is 5.22. The van der Waals surface area contributed by atoms with Crippen LogP contribution in [0.5, 0.6) is 0 Å². The van der Waals surface area contributed by atoms with Crippen LogP contribution in [0, 0.1) is 5.92 Å². The molecule has 0 saturated carbocycles. The number of nitrogens with zero attached hydrogens (tertiary/aromatic N) is 1. The predicted molar refractivity (Wildman–Crippen MR) is 69.0 cm³/mol. The quantitative estimate of drug-likeness (QED) is 0.792. The van der Waals surface area contributed by atoms with Gasteiger partial charge >= 0.3 is 6.18 Å². The van der Waals surface area contributed by atoms with Crippen molar-refractivity contribution in [1.82, 2.24) is 4.90 Å². The Kier molecular flexibility index (Phi) is 6.46. The lowest BCUT2D eigenvalue weighted by molar-refractivity contribution is -0.222. The fourth-order valence-corrected chi connectivity index (χ4v) is 2.69. The number of aliphatic hydroxyl groups excluding tert-OH is 1. The van der Waals surface area contributed by atoms with Crippen LogP contribution in [-0.2, 0) is 4.79 Å². The van der Waals surface area contributed by atoms with E-state index in [-0.39, 0.29) is 18.7 Å². The molecule has 1 fully saturated rings. The van der Waals surface area contributed by atoms with E-state index in [0.29, 0.717) is 19.5 Å². The van der Waals surface area contributed by atoms with Crippen molar-refractivity contribution in [2.45, 2.75) is 38.0 Å². The second kappa shape index (κ2) is 7.38. The molecular formula is C12H20F3NO2S. The minimum Gasteiger partial charge on any atom is -0.383 e.